The Bertz CT molecular complexity index is 871. The van der Waals surface area contributed by atoms with Crippen LogP contribution in [0.3, 0.4) is 0 Å². The SMILES string of the molecule is O[C@@H](CNCc1ccccc1OCc1ccc(Cl)c(Cl)c1)c1ccccc1. The minimum Gasteiger partial charge on any atom is -0.489 e. The van der Waals surface area contributed by atoms with Crippen molar-refractivity contribution >= 4 is 23.2 Å². The first-order chi connectivity index (χ1) is 13.1. The molecule has 1 atom stereocenters. The lowest BCUT2D eigenvalue weighted by molar-refractivity contribution is 0.174. The molecule has 0 aliphatic heterocycles. The number of hydrogen-bond acceptors (Lipinski definition) is 3. The first-order valence-corrected chi connectivity index (χ1v) is 9.47. The van der Waals surface area contributed by atoms with Gasteiger partial charge in [-0.1, -0.05) is 77.8 Å². The lowest BCUT2D eigenvalue weighted by Crippen LogP contribution is -2.21. The molecule has 0 aromatic heterocycles. The van der Waals surface area contributed by atoms with Crippen LogP contribution in [0.1, 0.15) is 22.8 Å². The Kier molecular flexibility index (Phi) is 7.13. The molecule has 0 saturated carbocycles. The van der Waals surface area contributed by atoms with Gasteiger partial charge in [0.15, 0.2) is 0 Å². The molecule has 3 rings (SSSR count). The Hall–Kier alpha value is -2.04. The van der Waals surface area contributed by atoms with Crippen LogP contribution in [0.5, 0.6) is 5.75 Å². The van der Waals surface area contributed by atoms with Gasteiger partial charge in [-0.05, 0) is 29.3 Å². The molecule has 0 radical (unpaired) electrons. The average molecular weight is 402 g/mol. The zero-order chi connectivity index (χ0) is 19.1. The van der Waals surface area contributed by atoms with Gasteiger partial charge >= 0.3 is 0 Å². The molecule has 3 aromatic rings. The molecule has 0 aliphatic carbocycles. The molecule has 2 N–H and O–H groups in total. The number of benzene rings is 3. The van der Waals surface area contributed by atoms with E-state index in [-0.39, 0.29) is 0 Å². The highest BCUT2D eigenvalue weighted by molar-refractivity contribution is 6.42. The predicted octanol–water partition coefficient (Wildman–Crippen LogP) is 5.40. The second-order valence-corrected chi connectivity index (χ2v) is 7.02. The van der Waals surface area contributed by atoms with Crippen LogP contribution in [0.25, 0.3) is 0 Å². The monoisotopic (exact) mass is 401 g/mol. The molecular weight excluding hydrogens is 381 g/mol. The smallest absolute Gasteiger partial charge is 0.124 e. The van der Waals surface area contributed by atoms with Crippen molar-refractivity contribution in [3.8, 4) is 5.75 Å². The maximum Gasteiger partial charge on any atom is 0.124 e. The Morgan fingerprint density at radius 3 is 2.41 bits per heavy atom. The maximum atomic E-state index is 10.3. The summed E-state index contributed by atoms with van der Waals surface area (Å²) in [4.78, 5) is 0. The zero-order valence-corrected chi connectivity index (χ0v) is 16.3. The van der Waals surface area contributed by atoms with Crippen LogP contribution in [0.4, 0.5) is 0 Å². The van der Waals surface area contributed by atoms with Gasteiger partial charge in [-0.15, -0.1) is 0 Å². The molecule has 0 amide bonds. The molecule has 0 fully saturated rings. The fraction of sp³-hybridized carbons (Fsp3) is 0.182. The molecule has 5 heteroatoms. The summed E-state index contributed by atoms with van der Waals surface area (Å²) < 4.78 is 5.96. The van der Waals surface area contributed by atoms with Crippen molar-refractivity contribution in [2.75, 3.05) is 6.54 Å². The molecule has 140 valence electrons. The lowest BCUT2D eigenvalue weighted by atomic mass is 10.1. The Morgan fingerprint density at radius 2 is 1.63 bits per heavy atom. The van der Waals surface area contributed by atoms with Crippen LogP contribution >= 0.6 is 23.2 Å². The molecule has 0 aliphatic rings. The van der Waals surface area contributed by atoms with Gasteiger partial charge in [0.05, 0.1) is 16.1 Å². The number of nitrogens with one attached hydrogen (secondary N) is 1. The van der Waals surface area contributed by atoms with Crippen molar-refractivity contribution in [1.29, 1.82) is 0 Å². The third-order valence-corrected chi connectivity index (χ3v) is 4.93. The molecule has 0 heterocycles. The highest BCUT2D eigenvalue weighted by Gasteiger charge is 2.08. The van der Waals surface area contributed by atoms with Crippen LogP contribution in [0, 0.1) is 0 Å². The van der Waals surface area contributed by atoms with E-state index in [0.29, 0.717) is 29.7 Å². The Balaban J connectivity index is 1.56. The van der Waals surface area contributed by atoms with E-state index in [1.54, 1.807) is 12.1 Å². The van der Waals surface area contributed by atoms with Crippen molar-refractivity contribution < 1.29 is 9.84 Å². The first-order valence-electron chi connectivity index (χ1n) is 8.72. The molecule has 0 unspecified atom stereocenters. The highest BCUT2D eigenvalue weighted by Crippen LogP contribution is 2.24. The van der Waals surface area contributed by atoms with Gasteiger partial charge in [0.2, 0.25) is 0 Å². The number of aliphatic hydroxyl groups excluding tert-OH is 1. The standard InChI is InChI=1S/C22H21Cl2NO2/c23-19-11-10-16(12-20(19)24)15-27-22-9-5-4-8-18(22)13-25-14-21(26)17-6-2-1-3-7-17/h1-12,21,25-26H,13-15H2/t21-/m0/s1. The van der Waals surface area contributed by atoms with E-state index in [4.69, 9.17) is 27.9 Å². The minimum atomic E-state index is -0.546. The number of aliphatic hydroxyl groups is 1. The minimum absolute atomic E-state index is 0.403. The van der Waals surface area contributed by atoms with E-state index in [0.717, 1.165) is 22.4 Å². The highest BCUT2D eigenvalue weighted by atomic mass is 35.5. The van der Waals surface area contributed by atoms with Crippen LogP contribution < -0.4 is 10.1 Å². The van der Waals surface area contributed by atoms with E-state index < -0.39 is 6.10 Å². The van der Waals surface area contributed by atoms with Gasteiger partial charge in [-0.2, -0.15) is 0 Å². The van der Waals surface area contributed by atoms with Gasteiger partial charge in [0.1, 0.15) is 12.4 Å². The van der Waals surface area contributed by atoms with Crippen molar-refractivity contribution in [2.45, 2.75) is 19.3 Å². The topological polar surface area (TPSA) is 41.5 Å². The van der Waals surface area contributed by atoms with Gasteiger partial charge < -0.3 is 15.2 Å². The molecule has 3 aromatic carbocycles. The van der Waals surface area contributed by atoms with Crippen LogP contribution in [0.15, 0.2) is 72.8 Å². The van der Waals surface area contributed by atoms with Crippen molar-refractivity contribution in [1.82, 2.24) is 5.32 Å². The molecule has 27 heavy (non-hydrogen) atoms. The number of hydrogen-bond donors (Lipinski definition) is 2. The summed E-state index contributed by atoms with van der Waals surface area (Å²) in [6.07, 6.45) is -0.546. The van der Waals surface area contributed by atoms with E-state index in [2.05, 4.69) is 5.32 Å². The van der Waals surface area contributed by atoms with E-state index in [9.17, 15) is 5.11 Å². The second-order valence-electron chi connectivity index (χ2n) is 6.20. The normalized spacial score (nSPS) is 12.0. The number of ether oxygens (including phenoxy) is 1. The summed E-state index contributed by atoms with van der Waals surface area (Å²) in [7, 11) is 0. The fourth-order valence-electron chi connectivity index (χ4n) is 2.72. The fourth-order valence-corrected chi connectivity index (χ4v) is 3.04. The van der Waals surface area contributed by atoms with Crippen molar-refractivity contribution in [3.63, 3.8) is 0 Å². The zero-order valence-electron chi connectivity index (χ0n) is 14.7. The molecule has 0 spiro atoms. The summed E-state index contributed by atoms with van der Waals surface area (Å²) in [6, 6.07) is 22.9. The van der Waals surface area contributed by atoms with Crippen LogP contribution in [-0.4, -0.2) is 11.7 Å². The Morgan fingerprint density at radius 1 is 0.889 bits per heavy atom. The van der Waals surface area contributed by atoms with Crippen molar-refractivity contribution in [2.24, 2.45) is 0 Å². The third kappa shape index (κ3) is 5.72. The van der Waals surface area contributed by atoms with Gasteiger partial charge in [-0.25, -0.2) is 0 Å². The van der Waals surface area contributed by atoms with E-state index in [1.165, 1.54) is 0 Å². The van der Waals surface area contributed by atoms with E-state index >= 15 is 0 Å². The van der Waals surface area contributed by atoms with Crippen molar-refractivity contribution in [3.05, 3.63) is 99.5 Å². The van der Waals surface area contributed by atoms with Crippen LogP contribution in [-0.2, 0) is 13.2 Å². The second kappa shape index (κ2) is 9.77. The molecule has 3 nitrogen and oxygen atoms in total. The van der Waals surface area contributed by atoms with E-state index in [1.807, 2.05) is 60.7 Å². The lowest BCUT2D eigenvalue weighted by Gasteiger charge is -2.15. The van der Waals surface area contributed by atoms with Crippen LogP contribution in [0.2, 0.25) is 10.0 Å². The number of rotatable bonds is 8. The third-order valence-electron chi connectivity index (χ3n) is 4.19. The largest absolute Gasteiger partial charge is 0.489 e. The summed E-state index contributed by atoms with van der Waals surface area (Å²) in [5.41, 5.74) is 2.87. The average Bonchev–Trinajstić information content (AvgIpc) is 2.70. The van der Waals surface area contributed by atoms with Gasteiger partial charge in [0, 0.05) is 18.7 Å². The maximum absolute atomic E-state index is 10.3. The summed E-state index contributed by atoms with van der Waals surface area (Å²) in [5.74, 6) is 0.797. The summed E-state index contributed by atoms with van der Waals surface area (Å²) in [5, 5.41) is 14.6. The first kappa shape index (κ1) is 19.7. The molecule has 0 bridgehead atoms. The van der Waals surface area contributed by atoms with Gasteiger partial charge in [-0.3, -0.25) is 0 Å². The quantitative estimate of drug-likeness (QED) is 0.531. The summed E-state index contributed by atoms with van der Waals surface area (Å²) in [6.45, 7) is 1.47. The van der Waals surface area contributed by atoms with Gasteiger partial charge in [0.25, 0.3) is 0 Å². The Labute approximate surface area is 169 Å². The number of halogens is 2. The molecular formula is C22H21Cl2NO2. The predicted molar refractivity (Wildman–Crippen MR) is 110 cm³/mol. The number of para-hydroxylation sites is 1. The molecule has 0 saturated heterocycles. The summed E-state index contributed by atoms with van der Waals surface area (Å²) >= 11 is 12.0.